The number of fused-ring (bicyclic) bond motifs is 1. The Morgan fingerprint density at radius 1 is 1.00 bits per heavy atom. The molecule has 4 N–H and O–H groups in total. The first-order valence-electron chi connectivity index (χ1n) is 14.1. The second-order valence-electron chi connectivity index (χ2n) is 11.1. The number of nitrogens with one attached hydrogen (secondary N) is 2. The number of carbonyl (C=O) groups is 2. The first kappa shape index (κ1) is 27.6. The van der Waals surface area contributed by atoms with E-state index >= 15 is 0 Å². The molecule has 0 bridgehead atoms. The number of halogens is 1. The fourth-order valence-corrected chi connectivity index (χ4v) is 6.54. The highest BCUT2D eigenvalue weighted by atomic mass is 35.5. The molecule has 2 aliphatic carbocycles. The molecule has 8 heteroatoms. The van der Waals surface area contributed by atoms with Crippen LogP contribution in [0.3, 0.4) is 0 Å². The summed E-state index contributed by atoms with van der Waals surface area (Å²) in [4.78, 5) is 33.1. The van der Waals surface area contributed by atoms with E-state index in [1.54, 1.807) is 6.20 Å². The van der Waals surface area contributed by atoms with Gasteiger partial charge in [0.05, 0.1) is 6.04 Å². The molecular formula is C29H42ClN5O2. The molecule has 5 rings (SSSR count). The van der Waals surface area contributed by atoms with E-state index in [-0.39, 0.29) is 36.3 Å². The number of carbonyl (C=O) groups excluding carboxylic acids is 2. The van der Waals surface area contributed by atoms with E-state index in [9.17, 15) is 9.59 Å². The molecule has 2 aromatic rings. The van der Waals surface area contributed by atoms with Crippen LogP contribution in [0.1, 0.15) is 82.6 Å². The molecule has 2 atom stereocenters. The van der Waals surface area contributed by atoms with Gasteiger partial charge in [0.15, 0.2) is 0 Å². The average molecular weight is 528 g/mol. The summed E-state index contributed by atoms with van der Waals surface area (Å²) in [6.07, 6.45) is 15.4. The minimum Gasteiger partial charge on any atom is -0.383 e. The van der Waals surface area contributed by atoms with Gasteiger partial charge < -0.3 is 21.3 Å². The largest absolute Gasteiger partial charge is 0.383 e. The quantitative estimate of drug-likeness (QED) is 0.461. The van der Waals surface area contributed by atoms with Crippen LogP contribution in [0, 0.1) is 5.92 Å². The number of benzene rings is 1. The first-order chi connectivity index (χ1) is 17.6. The summed E-state index contributed by atoms with van der Waals surface area (Å²) < 4.78 is 0. The molecular weight excluding hydrogens is 486 g/mol. The molecule has 3 aliphatic rings. The number of hydrogen-bond acceptors (Lipinski definition) is 5. The maximum absolute atomic E-state index is 13.8. The molecule has 202 valence electrons. The van der Waals surface area contributed by atoms with Crippen molar-refractivity contribution in [2.45, 2.75) is 102 Å². The molecule has 1 aromatic heterocycles. The van der Waals surface area contributed by atoms with Crippen LogP contribution in [0.2, 0.25) is 0 Å². The van der Waals surface area contributed by atoms with Crippen molar-refractivity contribution >= 4 is 40.8 Å². The summed E-state index contributed by atoms with van der Waals surface area (Å²) in [7, 11) is 0. The lowest BCUT2D eigenvalue weighted by atomic mass is 9.84. The Morgan fingerprint density at radius 3 is 2.54 bits per heavy atom. The summed E-state index contributed by atoms with van der Waals surface area (Å²) in [5.74, 6) is 1.22. The van der Waals surface area contributed by atoms with E-state index in [1.165, 1.54) is 44.9 Å². The second-order valence-corrected chi connectivity index (χ2v) is 11.1. The predicted octanol–water partition coefficient (Wildman–Crippen LogP) is 4.72. The third-order valence-electron chi connectivity index (χ3n) is 8.55. The minimum atomic E-state index is -0.378. The Labute approximate surface area is 226 Å². The number of likely N-dealkylation sites (tertiary alicyclic amines) is 1. The number of nitrogens with zero attached hydrogens (tertiary/aromatic N) is 2. The van der Waals surface area contributed by atoms with Crippen molar-refractivity contribution in [3.05, 3.63) is 36.0 Å². The summed E-state index contributed by atoms with van der Waals surface area (Å²) >= 11 is 0. The molecule has 37 heavy (non-hydrogen) atoms. The van der Waals surface area contributed by atoms with Gasteiger partial charge in [-0.05, 0) is 61.1 Å². The van der Waals surface area contributed by atoms with E-state index in [0.717, 1.165) is 48.4 Å². The maximum atomic E-state index is 13.8. The molecule has 0 unspecified atom stereocenters. The molecule has 0 radical (unpaired) electrons. The lowest BCUT2D eigenvalue weighted by Crippen LogP contribution is -2.54. The van der Waals surface area contributed by atoms with Gasteiger partial charge in [0.25, 0.3) is 0 Å². The molecule has 7 nitrogen and oxygen atoms in total. The van der Waals surface area contributed by atoms with Crippen molar-refractivity contribution in [2.75, 3.05) is 12.3 Å². The normalized spacial score (nSPS) is 21.6. The minimum absolute atomic E-state index is 0. The summed E-state index contributed by atoms with van der Waals surface area (Å²) in [6, 6.07) is 7.80. The van der Waals surface area contributed by atoms with Gasteiger partial charge in [-0.2, -0.15) is 0 Å². The van der Waals surface area contributed by atoms with Crippen molar-refractivity contribution in [3.63, 3.8) is 0 Å². The number of aromatic nitrogens is 1. The van der Waals surface area contributed by atoms with Crippen LogP contribution >= 0.6 is 12.4 Å². The Morgan fingerprint density at radius 2 is 1.76 bits per heavy atom. The topological polar surface area (TPSA) is 100 Å². The fourth-order valence-electron chi connectivity index (χ4n) is 6.54. The van der Waals surface area contributed by atoms with Crippen molar-refractivity contribution in [3.8, 4) is 0 Å². The summed E-state index contributed by atoms with van der Waals surface area (Å²) in [5, 5.41) is 8.76. The van der Waals surface area contributed by atoms with E-state index in [1.807, 2.05) is 29.2 Å². The zero-order chi connectivity index (χ0) is 24.9. The highest BCUT2D eigenvalue weighted by Gasteiger charge is 2.38. The van der Waals surface area contributed by atoms with Crippen LogP contribution in [0.25, 0.3) is 10.8 Å². The number of nitrogen functional groups attached to an aromatic ring is 1. The van der Waals surface area contributed by atoms with E-state index in [2.05, 4.69) is 15.6 Å². The lowest BCUT2D eigenvalue weighted by Gasteiger charge is -2.33. The highest BCUT2D eigenvalue weighted by molar-refractivity contribution is 5.92. The molecule has 1 aromatic carbocycles. The average Bonchev–Trinajstić information content (AvgIpc) is 3.60. The number of amides is 2. The van der Waals surface area contributed by atoms with Crippen molar-refractivity contribution < 1.29 is 9.59 Å². The van der Waals surface area contributed by atoms with Crippen LogP contribution in [0.4, 0.5) is 5.82 Å². The Bertz CT molecular complexity index is 1070. The second kappa shape index (κ2) is 12.9. The van der Waals surface area contributed by atoms with Crippen molar-refractivity contribution in [1.29, 1.82) is 0 Å². The van der Waals surface area contributed by atoms with Crippen LogP contribution in [0.15, 0.2) is 30.5 Å². The predicted molar refractivity (Wildman–Crippen MR) is 150 cm³/mol. The Balaban J connectivity index is 0.00000320. The summed E-state index contributed by atoms with van der Waals surface area (Å²) in [6.45, 7) is 1.11. The number of rotatable bonds is 8. The summed E-state index contributed by atoms with van der Waals surface area (Å²) in [5.41, 5.74) is 6.98. The van der Waals surface area contributed by atoms with E-state index in [0.29, 0.717) is 30.9 Å². The van der Waals surface area contributed by atoms with E-state index in [4.69, 9.17) is 5.73 Å². The fraction of sp³-hybridized carbons (Fsp3) is 0.621. The van der Waals surface area contributed by atoms with Gasteiger partial charge in [-0.25, -0.2) is 4.98 Å². The number of anilines is 1. The maximum Gasteiger partial charge on any atom is 0.243 e. The van der Waals surface area contributed by atoms with Crippen LogP contribution in [0.5, 0.6) is 0 Å². The van der Waals surface area contributed by atoms with Gasteiger partial charge in [-0.3, -0.25) is 9.59 Å². The zero-order valence-corrected chi connectivity index (χ0v) is 22.6. The van der Waals surface area contributed by atoms with Crippen molar-refractivity contribution in [2.24, 2.45) is 5.92 Å². The zero-order valence-electron chi connectivity index (χ0n) is 21.8. The Hall–Kier alpha value is -2.38. The molecule has 1 saturated heterocycles. The SMILES string of the molecule is Cl.Nc1nccc2cc(CNC(=O)[C@@H]3CCCN3C(=O)[C@@H](CC3CCCCC3)NC3CCCC3)ccc12. The monoisotopic (exact) mass is 527 g/mol. The smallest absolute Gasteiger partial charge is 0.243 e. The molecule has 1 aliphatic heterocycles. The number of pyridine rings is 1. The molecule has 2 amide bonds. The number of nitrogens with two attached hydrogens (primary N) is 1. The van der Waals surface area contributed by atoms with Gasteiger partial charge in [-0.1, -0.05) is 57.1 Å². The standard InChI is InChI=1S/C29H41N5O2.ClH/c30-27-24-13-12-21(17-22(24)14-15-31-27)19-32-28(35)26-11-6-16-34(26)29(36)25(33-23-9-4-5-10-23)18-20-7-2-1-3-8-20;/h12-15,17,20,23,25-26,33H,1-11,16,18-19H2,(H2,30,31)(H,32,35);1H/t25-,26+;/m1./s1. The van der Waals surface area contributed by atoms with Gasteiger partial charge in [0.1, 0.15) is 11.9 Å². The first-order valence-corrected chi connectivity index (χ1v) is 14.1. The molecule has 3 fully saturated rings. The van der Waals surface area contributed by atoms with Gasteiger partial charge in [0, 0.05) is 30.7 Å². The van der Waals surface area contributed by atoms with Crippen LogP contribution < -0.4 is 16.4 Å². The van der Waals surface area contributed by atoms with Gasteiger partial charge >= 0.3 is 0 Å². The van der Waals surface area contributed by atoms with Gasteiger partial charge in [0.2, 0.25) is 11.8 Å². The highest BCUT2D eigenvalue weighted by Crippen LogP contribution is 2.30. The van der Waals surface area contributed by atoms with Crippen LogP contribution in [-0.2, 0) is 16.1 Å². The lowest BCUT2D eigenvalue weighted by molar-refractivity contribution is -0.140. The van der Waals surface area contributed by atoms with Gasteiger partial charge in [-0.15, -0.1) is 12.4 Å². The van der Waals surface area contributed by atoms with Crippen LogP contribution in [-0.4, -0.2) is 46.4 Å². The Kier molecular flexibility index (Phi) is 9.65. The third-order valence-corrected chi connectivity index (χ3v) is 8.55. The molecule has 2 heterocycles. The third kappa shape index (κ3) is 6.74. The molecule has 0 spiro atoms. The molecule has 2 saturated carbocycles. The van der Waals surface area contributed by atoms with E-state index < -0.39 is 0 Å². The van der Waals surface area contributed by atoms with Crippen molar-refractivity contribution in [1.82, 2.24) is 20.5 Å². The number of hydrogen-bond donors (Lipinski definition) is 3.